The Hall–Kier alpha value is -3.33. The van der Waals surface area contributed by atoms with Gasteiger partial charge in [-0.1, -0.05) is 36.4 Å². The molecule has 158 valence electrons. The van der Waals surface area contributed by atoms with Gasteiger partial charge < -0.3 is 15.4 Å². The van der Waals surface area contributed by atoms with Crippen molar-refractivity contribution in [3.05, 3.63) is 70.3 Å². The van der Waals surface area contributed by atoms with Crippen LogP contribution in [0, 0.1) is 10.1 Å². The Bertz CT molecular complexity index is 889. The maximum Gasteiger partial charge on any atom is 0.305 e. The second-order valence-electron chi connectivity index (χ2n) is 6.47. The number of nitrogens with one attached hydrogen (secondary N) is 2. The van der Waals surface area contributed by atoms with E-state index in [4.69, 9.17) is 17.0 Å². The topological polar surface area (TPSA) is 111 Å². The van der Waals surface area contributed by atoms with Gasteiger partial charge in [0.2, 0.25) is 5.91 Å². The number of thiocarbonyl (C=S) groups is 1. The summed E-state index contributed by atoms with van der Waals surface area (Å²) in [5.74, 6) is -0.692. The molecule has 2 aromatic carbocycles. The SMILES string of the molecule is O=C(CCCC(=O)OCCCc1ccccc1)NC(=S)Nc1cccc([N+](=O)[O-])c1. The van der Waals surface area contributed by atoms with E-state index in [9.17, 15) is 19.7 Å². The van der Waals surface area contributed by atoms with Gasteiger partial charge in [-0.25, -0.2) is 0 Å². The highest BCUT2D eigenvalue weighted by molar-refractivity contribution is 7.80. The van der Waals surface area contributed by atoms with Crippen LogP contribution in [0.15, 0.2) is 54.6 Å². The highest BCUT2D eigenvalue weighted by Gasteiger charge is 2.10. The van der Waals surface area contributed by atoms with E-state index in [0.29, 0.717) is 18.7 Å². The summed E-state index contributed by atoms with van der Waals surface area (Å²) in [6.45, 7) is 0.344. The molecule has 0 aliphatic heterocycles. The number of hydrogen-bond donors (Lipinski definition) is 2. The van der Waals surface area contributed by atoms with E-state index < -0.39 is 4.92 Å². The largest absolute Gasteiger partial charge is 0.466 e. The molecule has 1 amide bonds. The van der Waals surface area contributed by atoms with E-state index in [0.717, 1.165) is 12.8 Å². The molecule has 9 heteroatoms. The maximum atomic E-state index is 11.9. The fourth-order valence-corrected chi connectivity index (χ4v) is 2.85. The first-order valence-electron chi connectivity index (χ1n) is 9.49. The standard InChI is InChI=1S/C21H23N3O5S/c25-19(23-21(30)22-17-10-4-11-18(15-17)24(27)28)12-5-13-20(26)29-14-6-9-16-7-2-1-3-8-16/h1-4,7-8,10-11,15H,5-6,9,12-14H2,(H2,22,23,25,30). The number of nitrogens with zero attached hydrogens (tertiary/aromatic N) is 1. The number of anilines is 1. The lowest BCUT2D eigenvalue weighted by Crippen LogP contribution is -2.34. The van der Waals surface area contributed by atoms with E-state index in [-0.39, 0.29) is 35.5 Å². The quantitative estimate of drug-likeness (QED) is 0.194. The number of non-ortho nitro benzene ring substituents is 1. The number of carbonyl (C=O) groups is 2. The van der Waals surface area contributed by atoms with Crippen LogP contribution in [0.2, 0.25) is 0 Å². The first-order chi connectivity index (χ1) is 14.4. The monoisotopic (exact) mass is 429 g/mol. The number of rotatable bonds is 10. The fourth-order valence-electron chi connectivity index (χ4n) is 2.62. The van der Waals surface area contributed by atoms with Crippen molar-refractivity contribution in [1.82, 2.24) is 5.32 Å². The van der Waals surface area contributed by atoms with Crippen molar-refractivity contribution in [1.29, 1.82) is 0 Å². The Morgan fingerprint density at radius 3 is 2.53 bits per heavy atom. The molecule has 8 nitrogen and oxygen atoms in total. The zero-order valence-corrected chi connectivity index (χ0v) is 17.2. The molecule has 2 N–H and O–H groups in total. The van der Waals surface area contributed by atoms with Gasteiger partial charge in [0, 0.05) is 30.7 Å². The summed E-state index contributed by atoms with van der Waals surface area (Å²) < 4.78 is 5.17. The van der Waals surface area contributed by atoms with Crippen LogP contribution in [0.1, 0.15) is 31.2 Å². The summed E-state index contributed by atoms with van der Waals surface area (Å²) in [5, 5.41) is 16.0. The highest BCUT2D eigenvalue weighted by Crippen LogP contribution is 2.16. The molecule has 0 aliphatic rings. The number of hydrogen-bond acceptors (Lipinski definition) is 6. The third-order valence-corrected chi connectivity index (χ3v) is 4.27. The smallest absolute Gasteiger partial charge is 0.305 e. The van der Waals surface area contributed by atoms with E-state index in [1.165, 1.54) is 23.8 Å². The van der Waals surface area contributed by atoms with Crippen LogP contribution in [0.5, 0.6) is 0 Å². The predicted octanol–water partition coefficient (Wildman–Crippen LogP) is 3.75. The minimum absolute atomic E-state index is 0.0315. The molecule has 0 aliphatic carbocycles. The van der Waals surface area contributed by atoms with E-state index in [2.05, 4.69) is 10.6 Å². The van der Waals surface area contributed by atoms with Crippen LogP contribution in [0.3, 0.4) is 0 Å². The van der Waals surface area contributed by atoms with Crippen molar-refractivity contribution >= 4 is 40.6 Å². The van der Waals surface area contributed by atoms with E-state index in [1.54, 1.807) is 6.07 Å². The Balaban J connectivity index is 1.58. The number of nitro benzene ring substituents is 1. The van der Waals surface area contributed by atoms with Gasteiger partial charge in [0.1, 0.15) is 0 Å². The van der Waals surface area contributed by atoms with Crippen LogP contribution >= 0.6 is 12.2 Å². The van der Waals surface area contributed by atoms with Crippen molar-refractivity contribution in [3.8, 4) is 0 Å². The number of nitro groups is 1. The van der Waals surface area contributed by atoms with Crippen molar-refractivity contribution < 1.29 is 19.2 Å². The number of ether oxygens (including phenoxy) is 1. The highest BCUT2D eigenvalue weighted by atomic mass is 32.1. The summed E-state index contributed by atoms with van der Waals surface area (Å²) in [4.78, 5) is 33.9. The molecular formula is C21H23N3O5S. The molecule has 0 heterocycles. The average Bonchev–Trinajstić information content (AvgIpc) is 2.72. The minimum atomic E-state index is -0.520. The summed E-state index contributed by atoms with van der Waals surface area (Å²) >= 11 is 5.03. The number of carbonyl (C=O) groups excluding carboxylic acids is 2. The summed E-state index contributed by atoms with van der Waals surface area (Å²) in [5.41, 5.74) is 1.50. The Morgan fingerprint density at radius 2 is 1.80 bits per heavy atom. The molecule has 2 rings (SSSR count). The second kappa shape index (κ2) is 12.3. The lowest BCUT2D eigenvalue weighted by Gasteiger charge is -2.09. The first kappa shape index (κ1) is 23.0. The fraction of sp³-hybridized carbons (Fsp3) is 0.286. The number of aryl methyl sites for hydroxylation is 1. The summed E-state index contributed by atoms with van der Waals surface area (Å²) in [6.07, 6.45) is 2.17. The molecule has 0 fully saturated rings. The molecule has 0 atom stereocenters. The average molecular weight is 429 g/mol. The number of esters is 1. The van der Waals surface area contributed by atoms with Gasteiger partial charge in [-0.3, -0.25) is 19.7 Å². The zero-order chi connectivity index (χ0) is 21.8. The van der Waals surface area contributed by atoms with Crippen molar-refractivity contribution in [2.75, 3.05) is 11.9 Å². The van der Waals surface area contributed by atoms with Crippen LogP contribution in [0.25, 0.3) is 0 Å². The maximum absolute atomic E-state index is 11.9. The zero-order valence-electron chi connectivity index (χ0n) is 16.3. The van der Waals surface area contributed by atoms with E-state index in [1.807, 2.05) is 30.3 Å². The first-order valence-corrected chi connectivity index (χ1v) is 9.89. The van der Waals surface area contributed by atoms with Crippen LogP contribution < -0.4 is 10.6 Å². The van der Waals surface area contributed by atoms with Crippen molar-refractivity contribution in [3.63, 3.8) is 0 Å². The molecule has 30 heavy (non-hydrogen) atoms. The predicted molar refractivity (Wildman–Crippen MR) is 117 cm³/mol. The Labute approximate surface area is 179 Å². The molecule has 0 unspecified atom stereocenters. The second-order valence-corrected chi connectivity index (χ2v) is 6.88. The van der Waals surface area contributed by atoms with Crippen LogP contribution in [-0.2, 0) is 20.7 Å². The molecule has 0 radical (unpaired) electrons. The molecule has 0 spiro atoms. The molecule has 0 bridgehead atoms. The van der Waals surface area contributed by atoms with Crippen LogP contribution in [-0.4, -0.2) is 28.5 Å². The Morgan fingerprint density at radius 1 is 1.03 bits per heavy atom. The molecule has 2 aromatic rings. The number of amides is 1. The van der Waals surface area contributed by atoms with Gasteiger partial charge in [0.15, 0.2) is 5.11 Å². The van der Waals surface area contributed by atoms with Gasteiger partial charge in [-0.15, -0.1) is 0 Å². The third-order valence-electron chi connectivity index (χ3n) is 4.07. The molecule has 0 saturated heterocycles. The van der Waals surface area contributed by atoms with E-state index >= 15 is 0 Å². The van der Waals surface area contributed by atoms with Crippen molar-refractivity contribution in [2.24, 2.45) is 0 Å². The molecule has 0 saturated carbocycles. The van der Waals surface area contributed by atoms with Gasteiger partial charge in [0.25, 0.3) is 5.69 Å². The summed E-state index contributed by atoms with van der Waals surface area (Å²) in [6, 6.07) is 15.7. The van der Waals surface area contributed by atoms with Gasteiger partial charge >= 0.3 is 5.97 Å². The Kier molecular flexibility index (Phi) is 9.39. The summed E-state index contributed by atoms with van der Waals surface area (Å²) in [7, 11) is 0. The lowest BCUT2D eigenvalue weighted by atomic mass is 10.1. The number of benzene rings is 2. The van der Waals surface area contributed by atoms with Gasteiger partial charge in [0.05, 0.1) is 11.5 Å². The van der Waals surface area contributed by atoms with Gasteiger partial charge in [-0.2, -0.15) is 0 Å². The normalized spacial score (nSPS) is 10.1. The third kappa shape index (κ3) is 8.78. The minimum Gasteiger partial charge on any atom is -0.466 e. The lowest BCUT2D eigenvalue weighted by molar-refractivity contribution is -0.384. The molecule has 0 aromatic heterocycles. The van der Waals surface area contributed by atoms with Crippen molar-refractivity contribution in [2.45, 2.75) is 32.1 Å². The van der Waals surface area contributed by atoms with Crippen LogP contribution in [0.4, 0.5) is 11.4 Å². The molecular weight excluding hydrogens is 406 g/mol. The van der Waals surface area contributed by atoms with Gasteiger partial charge in [-0.05, 0) is 43.1 Å².